The zero-order valence-electron chi connectivity index (χ0n) is 12.1. The molecule has 0 spiro atoms. The number of hydrogen-bond donors (Lipinski definition) is 0. The summed E-state index contributed by atoms with van der Waals surface area (Å²) in [5.74, 6) is 0.651. The number of carbonyl (C=O) groups excluding carboxylic acids is 1. The fourth-order valence-corrected chi connectivity index (χ4v) is 3.21. The highest BCUT2D eigenvalue weighted by atomic mass is 19.4. The number of nitrogens with zero attached hydrogens (tertiary/aromatic N) is 1. The second kappa shape index (κ2) is 5.91. The molecular weight excluding hydrogens is 295 g/mol. The van der Waals surface area contributed by atoms with Crippen molar-refractivity contribution in [2.45, 2.75) is 38.1 Å². The van der Waals surface area contributed by atoms with Crippen LogP contribution in [0.5, 0.6) is 0 Å². The number of likely N-dealkylation sites (tertiary alicyclic amines) is 1. The van der Waals surface area contributed by atoms with Crippen molar-refractivity contribution < 1.29 is 22.7 Å². The van der Waals surface area contributed by atoms with E-state index in [4.69, 9.17) is 4.74 Å². The van der Waals surface area contributed by atoms with Gasteiger partial charge in [0.25, 0.3) is 0 Å². The molecule has 120 valence electrons. The van der Waals surface area contributed by atoms with E-state index in [0.29, 0.717) is 17.5 Å². The molecule has 1 aliphatic carbocycles. The van der Waals surface area contributed by atoms with E-state index in [-0.39, 0.29) is 19.1 Å². The van der Waals surface area contributed by atoms with Crippen molar-refractivity contribution in [3.05, 3.63) is 35.4 Å². The van der Waals surface area contributed by atoms with Gasteiger partial charge in [-0.1, -0.05) is 12.1 Å². The number of amides is 1. The van der Waals surface area contributed by atoms with Gasteiger partial charge in [-0.15, -0.1) is 0 Å². The molecule has 0 N–H and O–H groups in total. The minimum atomic E-state index is -4.33. The Bertz CT molecular complexity index is 541. The second-order valence-electron chi connectivity index (χ2n) is 5.97. The van der Waals surface area contributed by atoms with Gasteiger partial charge in [0.15, 0.2) is 0 Å². The molecule has 0 unspecified atom stereocenters. The Morgan fingerprint density at radius 2 is 1.91 bits per heavy atom. The third-order valence-electron chi connectivity index (χ3n) is 4.61. The highest BCUT2D eigenvalue weighted by molar-refractivity contribution is 5.78. The summed E-state index contributed by atoms with van der Waals surface area (Å²) in [4.78, 5) is 14.0. The summed E-state index contributed by atoms with van der Waals surface area (Å²) in [6, 6.07) is 5.21. The van der Waals surface area contributed by atoms with Gasteiger partial charge < -0.3 is 9.64 Å². The lowest BCUT2D eigenvalue weighted by molar-refractivity contribution is -0.139. The topological polar surface area (TPSA) is 29.5 Å². The number of alkyl halides is 3. The van der Waals surface area contributed by atoms with Gasteiger partial charge in [0.05, 0.1) is 12.2 Å². The minimum Gasteiger partial charge on any atom is -0.367 e. The maximum absolute atomic E-state index is 12.4. The number of carbonyl (C=O) groups is 1. The molecule has 2 fully saturated rings. The summed E-state index contributed by atoms with van der Waals surface area (Å²) in [7, 11) is 0. The van der Waals surface area contributed by atoms with Crippen LogP contribution < -0.4 is 0 Å². The van der Waals surface area contributed by atoms with Crippen molar-refractivity contribution in [1.82, 2.24) is 4.90 Å². The molecule has 1 heterocycles. The van der Waals surface area contributed by atoms with Crippen molar-refractivity contribution >= 4 is 5.91 Å². The Kier molecular flexibility index (Phi) is 4.12. The van der Waals surface area contributed by atoms with Crippen LogP contribution in [0.1, 0.15) is 30.4 Å². The lowest BCUT2D eigenvalue weighted by Gasteiger charge is -2.35. The number of fused-ring (bicyclic) bond motifs is 1. The quantitative estimate of drug-likeness (QED) is 0.854. The SMILES string of the molecule is O=C(COCc1ccc(C(F)(F)F)cc1)N1CC[C@@H]2CC[C@@H]21. The van der Waals surface area contributed by atoms with Crippen LogP contribution in [0.4, 0.5) is 13.2 Å². The van der Waals surface area contributed by atoms with Gasteiger partial charge in [0, 0.05) is 12.6 Å². The van der Waals surface area contributed by atoms with Crippen LogP contribution in [-0.2, 0) is 22.3 Å². The molecule has 1 saturated carbocycles. The molecule has 0 aromatic heterocycles. The summed E-state index contributed by atoms with van der Waals surface area (Å²) in [6.45, 7) is 0.938. The van der Waals surface area contributed by atoms with E-state index in [0.717, 1.165) is 31.5 Å². The molecule has 1 aromatic carbocycles. The van der Waals surface area contributed by atoms with Crippen molar-refractivity contribution in [2.24, 2.45) is 5.92 Å². The molecule has 2 atom stereocenters. The molecule has 22 heavy (non-hydrogen) atoms. The Balaban J connectivity index is 1.46. The molecule has 1 aliphatic heterocycles. The van der Waals surface area contributed by atoms with E-state index in [1.807, 2.05) is 4.90 Å². The molecule has 0 bridgehead atoms. The number of ether oxygens (including phenoxy) is 1. The van der Waals surface area contributed by atoms with Crippen molar-refractivity contribution in [3.8, 4) is 0 Å². The van der Waals surface area contributed by atoms with Gasteiger partial charge in [-0.3, -0.25) is 4.79 Å². The summed E-state index contributed by atoms with van der Waals surface area (Å²) in [5.41, 5.74) is -0.0517. The standard InChI is InChI=1S/C16H18F3NO2/c17-16(18,19)13-4-1-11(2-5-13)9-22-10-15(21)20-8-7-12-3-6-14(12)20/h1-2,4-5,12,14H,3,6-10H2/t12-,14-/m0/s1. The lowest BCUT2D eigenvalue weighted by atomic mass is 9.80. The van der Waals surface area contributed by atoms with Crippen LogP contribution in [0.25, 0.3) is 0 Å². The largest absolute Gasteiger partial charge is 0.416 e. The first-order chi connectivity index (χ1) is 10.4. The first kappa shape index (κ1) is 15.3. The van der Waals surface area contributed by atoms with Crippen molar-refractivity contribution in [1.29, 1.82) is 0 Å². The smallest absolute Gasteiger partial charge is 0.367 e. The van der Waals surface area contributed by atoms with Crippen LogP contribution in [0.3, 0.4) is 0 Å². The average Bonchev–Trinajstić information content (AvgIpc) is 2.73. The maximum Gasteiger partial charge on any atom is 0.416 e. The first-order valence-corrected chi connectivity index (χ1v) is 7.48. The van der Waals surface area contributed by atoms with Crippen LogP contribution in [0.15, 0.2) is 24.3 Å². The lowest BCUT2D eigenvalue weighted by Crippen LogP contribution is -2.44. The molecule has 0 radical (unpaired) electrons. The Morgan fingerprint density at radius 3 is 2.45 bits per heavy atom. The Morgan fingerprint density at radius 1 is 1.18 bits per heavy atom. The zero-order valence-corrected chi connectivity index (χ0v) is 12.1. The third kappa shape index (κ3) is 3.11. The minimum absolute atomic E-state index is 0.00968. The number of hydrogen-bond acceptors (Lipinski definition) is 2. The summed E-state index contributed by atoms with van der Waals surface area (Å²) in [5, 5.41) is 0. The molecule has 1 amide bonds. The van der Waals surface area contributed by atoms with E-state index >= 15 is 0 Å². The maximum atomic E-state index is 12.4. The van der Waals surface area contributed by atoms with Gasteiger partial charge in [0.2, 0.25) is 5.91 Å². The highest BCUT2D eigenvalue weighted by Crippen LogP contribution is 2.40. The Hall–Kier alpha value is -1.56. The fourth-order valence-electron chi connectivity index (χ4n) is 3.21. The molecular formula is C16H18F3NO2. The van der Waals surface area contributed by atoms with E-state index in [2.05, 4.69) is 0 Å². The molecule has 3 rings (SSSR count). The van der Waals surface area contributed by atoms with Gasteiger partial charge in [0.1, 0.15) is 6.61 Å². The average molecular weight is 313 g/mol. The van der Waals surface area contributed by atoms with E-state index in [9.17, 15) is 18.0 Å². The fraction of sp³-hybridized carbons (Fsp3) is 0.562. The second-order valence-corrected chi connectivity index (χ2v) is 5.97. The van der Waals surface area contributed by atoms with Crippen molar-refractivity contribution in [3.63, 3.8) is 0 Å². The molecule has 1 aromatic rings. The van der Waals surface area contributed by atoms with Crippen LogP contribution in [0.2, 0.25) is 0 Å². The number of benzene rings is 1. The predicted octanol–water partition coefficient (Wildman–Crippen LogP) is 3.23. The number of halogens is 3. The third-order valence-corrected chi connectivity index (χ3v) is 4.61. The monoisotopic (exact) mass is 313 g/mol. The molecule has 3 nitrogen and oxygen atoms in total. The van der Waals surface area contributed by atoms with Gasteiger partial charge >= 0.3 is 6.18 Å². The van der Waals surface area contributed by atoms with Crippen molar-refractivity contribution in [2.75, 3.05) is 13.2 Å². The molecule has 6 heteroatoms. The zero-order chi connectivity index (χ0) is 15.7. The van der Waals surface area contributed by atoms with Gasteiger partial charge in [-0.25, -0.2) is 0 Å². The summed E-state index contributed by atoms with van der Waals surface area (Å²) < 4.78 is 42.7. The highest BCUT2D eigenvalue weighted by Gasteiger charge is 2.42. The summed E-state index contributed by atoms with van der Waals surface area (Å²) >= 11 is 0. The van der Waals surface area contributed by atoms with E-state index in [1.165, 1.54) is 18.6 Å². The van der Waals surface area contributed by atoms with Gasteiger partial charge in [-0.05, 0) is 42.9 Å². The van der Waals surface area contributed by atoms with Crippen LogP contribution in [0, 0.1) is 5.92 Å². The molecule has 2 aliphatic rings. The first-order valence-electron chi connectivity index (χ1n) is 7.48. The van der Waals surface area contributed by atoms with E-state index < -0.39 is 11.7 Å². The predicted molar refractivity (Wildman–Crippen MR) is 73.9 cm³/mol. The molecule has 1 saturated heterocycles. The van der Waals surface area contributed by atoms with E-state index in [1.54, 1.807) is 0 Å². The number of rotatable bonds is 4. The normalized spacial score (nSPS) is 24.0. The van der Waals surface area contributed by atoms with Gasteiger partial charge in [-0.2, -0.15) is 13.2 Å². The summed E-state index contributed by atoms with van der Waals surface area (Å²) in [6.07, 6.45) is -0.962. The Labute approximate surface area is 127 Å². The van der Waals surface area contributed by atoms with Crippen LogP contribution >= 0.6 is 0 Å². The van der Waals surface area contributed by atoms with Crippen LogP contribution in [-0.4, -0.2) is 30.0 Å².